The fraction of sp³-hybridized carbons (Fsp3) is 0.500. The molecule has 1 aromatic rings. The lowest BCUT2D eigenvalue weighted by Crippen LogP contribution is -2.34. The summed E-state index contributed by atoms with van der Waals surface area (Å²) in [7, 11) is 0. The van der Waals surface area contributed by atoms with Gasteiger partial charge in [-0.3, -0.25) is 4.79 Å². The molecule has 1 rings (SSSR count). The number of nitrogens with one attached hydrogen (secondary N) is 1. The van der Waals surface area contributed by atoms with Crippen molar-refractivity contribution in [2.24, 2.45) is 5.73 Å². The Balaban J connectivity index is 2.39. The van der Waals surface area contributed by atoms with Gasteiger partial charge in [0.05, 0.1) is 6.54 Å². The fourth-order valence-corrected chi connectivity index (χ4v) is 0.653. The molecule has 7 nitrogen and oxygen atoms in total. The molecule has 1 heterocycles. The number of rotatable bonds is 4. The molecule has 1 amide bonds. The summed E-state index contributed by atoms with van der Waals surface area (Å²) in [5.41, 5.74) is 4.81. The van der Waals surface area contributed by atoms with Crippen LogP contribution in [0.3, 0.4) is 0 Å². The average molecular weight is 186 g/mol. The van der Waals surface area contributed by atoms with Crippen LogP contribution < -0.4 is 11.1 Å². The fourth-order valence-electron chi connectivity index (χ4n) is 0.653. The van der Waals surface area contributed by atoms with Gasteiger partial charge in [-0.05, 0) is 6.92 Å². The molecule has 0 fully saturated rings. The van der Waals surface area contributed by atoms with E-state index in [9.17, 15) is 4.79 Å². The van der Waals surface area contributed by atoms with Crippen molar-refractivity contribution in [3.8, 4) is 0 Å². The summed E-state index contributed by atoms with van der Waals surface area (Å²) < 4.78 is 4.66. The summed E-state index contributed by atoms with van der Waals surface area (Å²) in [6, 6.07) is 0.151. The zero-order valence-electron chi connectivity index (χ0n) is 7.02. The van der Waals surface area contributed by atoms with Crippen molar-refractivity contribution in [2.75, 3.05) is 11.9 Å². The van der Waals surface area contributed by atoms with Crippen molar-refractivity contribution in [3.05, 3.63) is 5.82 Å². The van der Waals surface area contributed by atoms with E-state index < -0.39 is 12.0 Å². The van der Waals surface area contributed by atoms with Crippen LogP contribution in [0.2, 0.25) is 0 Å². The standard InChI is InChI=1S/C6H10N4O3/c1-3-9-6(13-10-3)8-2-4(11)5(7)12/h4,11H,2H2,1H3,(H2,7,12)(H,8,9,10). The second-order valence-electron chi connectivity index (χ2n) is 2.45. The Morgan fingerprint density at radius 3 is 3.00 bits per heavy atom. The smallest absolute Gasteiger partial charge is 0.321 e. The van der Waals surface area contributed by atoms with Crippen LogP contribution in [0.5, 0.6) is 0 Å². The van der Waals surface area contributed by atoms with E-state index in [0.29, 0.717) is 5.82 Å². The molecular formula is C6H10N4O3. The summed E-state index contributed by atoms with van der Waals surface area (Å²) >= 11 is 0. The molecule has 0 spiro atoms. The number of carbonyl (C=O) groups excluding carboxylic acids is 1. The molecule has 0 bridgehead atoms. The highest BCUT2D eigenvalue weighted by molar-refractivity contribution is 5.79. The largest absolute Gasteiger partial charge is 0.381 e. The van der Waals surface area contributed by atoms with E-state index in [-0.39, 0.29) is 12.6 Å². The quantitative estimate of drug-likeness (QED) is 0.534. The molecule has 0 saturated carbocycles. The molecule has 13 heavy (non-hydrogen) atoms. The lowest BCUT2D eigenvalue weighted by Gasteiger charge is -2.04. The number of hydrogen-bond acceptors (Lipinski definition) is 6. The predicted molar refractivity (Wildman–Crippen MR) is 42.7 cm³/mol. The molecule has 1 unspecified atom stereocenters. The summed E-state index contributed by atoms with van der Waals surface area (Å²) in [5, 5.41) is 15.0. The van der Waals surface area contributed by atoms with Gasteiger partial charge in [0, 0.05) is 0 Å². The highest BCUT2D eigenvalue weighted by Crippen LogP contribution is 2.01. The van der Waals surface area contributed by atoms with Gasteiger partial charge in [0.15, 0.2) is 5.82 Å². The Hall–Kier alpha value is -1.63. The molecule has 0 saturated heterocycles. The third-order valence-corrected chi connectivity index (χ3v) is 1.30. The number of aliphatic hydroxyl groups is 1. The maximum atomic E-state index is 10.4. The lowest BCUT2D eigenvalue weighted by atomic mass is 10.3. The molecule has 1 atom stereocenters. The van der Waals surface area contributed by atoms with Crippen LogP contribution in [0.15, 0.2) is 4.52 Å². The van der Waals surface area contributed by atoms with Crippen molar-refractivity contribution in [1.82, 2.24) is 10.1 Å². The first-order valence-electron chi connectivity index (χ1n) is 3.61. The zero-order valence-corrected chi connectivity index (χ0v) is 7.02. The van der Waals surface area contributed by atoms with E-state index in [1.54, 1.807) is 6.92 Å². The third-order valence-electron chi connectivity index (χ3n) is 1.30. The van der Waals surface area contributed by atoms with Crippen LogP contribution in [-0.2, 0) is 4.79 Å². The molecule has 72 valence electrons. The number of nitrogens with two attached hydrogens (primary N) is 1. The second-order valence-corrected chi connectivity index (χ2v) is 2.45. The molecule has 1 aromatic heterocycles. The Bertz CT molecular complexity index is 298. The summed E-state index contributed by atoms with van der Waals surface area (Å²) in [6.45, 7) is 1.61. The normalized spacial score (nSPS) is 12.5. The first-order valence-corrected chi connectivity index (χ1v) is 3.61. The number of hydrogen-bond donors (Lipinski definition) is 3. The van der Waals surface area contributed by atoms with Crippen molar-refractivity contribution >= 4 is 11.9 Å². The summed E-state index contributed by atoms with van der Waals surface area (Å²) in [6.07, 6.45) is -1.26. The van der Waals surface area contributed by atoms with E-state index in [0.717, 1.165) is 0 Å². The monoisotopic (exact) mass is 186 g/mol. The number of nitrogens with zero attached hydrogens (tertiary/aromatic N) is 2. The van der Waals surface area contributed by atoms with Crippen LogP contribution in [0.4, 0.5) is 6.01 Å². The van der Waals surface area contributed by atoms with Gasteiger partial charge in [-0.2, -0.15) is 4.98 Å². The first kappa shape index (κ1) is 9.46. The van der Waals surface area contributed by atoms with Crippen LogP contribution in [0, 0.1) is 6.92 Å². The Morgan fingerprint density at radius 2 is 2.54 bits per heavy atom. The highest BCUT2D eigenvalue weighted by Gasteiger charge is 2.11. The minimum Gasteiger partial charge on any atom is -0.381 e. The van der Waals surface area contributed by atoms with Crippen molar-refractivity contribution < 1.29 is 14.4 Å². The Labute approximate surface area is 73.9 Å². The number of aryl methyl sites for hydroxylation is 1. The molecular weight excluding hydrogens is 176 g/mol. The zero-order chi connectivity index (χ0) is 9.84. The lowest BCUT2D eigenvalue weighted by molar-refractivity contribution is -0.125. The van der Waals surface area contributed by atoms with Gasteiger partial charge in [0.25, 0.3) is 0 Å². The molecule has 0 aliphatic heterocycles. The number of carbonyl (C=O) groups is 1. The highest BCUT2D eigenvalue weighted by atomic mass is 16.5. The second kappa shape index (κ2) is 3.85. The molecule has 0 aromatic carbocycles. The molecule has 4 N–H and O–H groups in total. The maximum Gasteiger partial charge on any atom is 0.321 e. The maximum absolute atomic E-state index is 10.4. The van der Waals surface area contributed by atoms with Gasteiger partial charge in [-0.25, -0.2) is 0 Å². The number of aliphatic hydroxyl groups excluding tert-OH is 1. The van der Waals surface area contributed by atoms with E-state index in [4.69, 9.17) is 10.8 Å². The minimum atomic E-state index is -1.26. The first-order chi connectivity index (χ1) is 6.09. The van der Waals surface area contributed by atoms with E-state index >= 15 is 0 Å². The van der Waals surface area contributed by atoms with E-state index in [2.05, 4.69) is 20.0 Å². The van der Waals surface area contributed by atoms with Crippen LogP contribution in [0.1, 0.15) is 5.82 Å². The van der Waals surface area contributed by atoms with Crippen molar-refractivity contribution in [2.45, 2.75) is 13.0 Å². The van der Waals surface area contributed by atoms with Crippen LogP contribution in [-0.4, -0.2) is 33.8 Å². The average Bonchev–Trinajstić information content (AvgIpc) is 2.47. The van der Waals surface area contributed by atoms with Gasteiger partial charge < -0.3 is 20.7 Å². The summed E-state index contributed by atoms with van der Waals surface area (Å²) in [5.74, 6) is -0.334. The summed E-state index contributed by atoms with van der Waals surface area (Å²) in [4.78, 5) is 14.2. The predicted octanol–water partition coefficient (Wildman–Crippen LogP) is -1.36. The molecule has 0 aliphatic rings. The molecule has 7 heteroatoms. The molecule has 0 radical (unpaired) electrons. The third kappa shape index (κ3) is 2.71. The number of anilines is 1. The Morgan fingerprint density at radius 1 is 1.85 bits per heavy atom. The van der Waals surface area contributed by atoms with E-state index in [1.165, 1.54) is 0 Å². The van der Waals surface area contributed by atoms with Gasteiger partial charge in [0.2, 0.25) is 5.91 Å². The van der Waals surface area contributed by atoms with Crippen LogP contribution in [0.25, 0.3) is 0 Å². The minimum absolute atomic E-state index is 0.0447. The number of amides is 1. The van der Waals surface area contributed by atoms with Gasteiger partial charge >= 0.3 is 6.01 Å². The Kier molecular flexibility index (Phi) is 2.80. The van der Waals surface area contributed by atoms with Gasteiger partial charge in [0.1, 0.15) is 6.10 Å². The van der Waals surface area contributed by atoms with Crippen molar-refractivity contribution in [1.29, 1.82) is 0 Å². The van der Waals surface area contributed by atoms with Gasteiger partial charge in [-0.1, -0.05) is 5.16 Å². The van der Waals surface area contributed by atoms with Crippen molar-refractivity contribution in [3.63, 3.8) is 0 Å². The number of aromatic nitrogens is 2. The van der Waals surface area contributed by atoms with Crippen LogP contribution >= 0.6 is 0 Å². The van der Waals surface area contributed by atoms with Gasteiger partial charge in [-0.15, -0.1) is 0 Å². The number of primary amides is 1. The topological polar surface area (TPSA) is 114 Å². The molecule has 0 aliphatic carbocycles. The van der Waals surface area contributed by atoms with E-state index in [1.807, 2.05) is 0 Å². The SMILES string of the molecule is Cc1noc(NCC(O)C(N)=O)n1.